The molecule has 1 amide bonds. The van der Waals surface area contributed by atoms with Crippen molar-refractivity contribution < 1.29 is 13.9 Å². The van der Waals surface area contributed by atoms with Gasteiger partial charge in [0.25, 0.3) is 5.91 Å². The van der Waals surface area contributed by atoms with Gasteiger partial charge in [0.1, 0.15) is 28.8 Å². The second-order valence-corrected chi connectivity index (χ2v) is 7.57. The summed E-state index contributed by atoms with van der Waals surface area (Å²) in [6.45, 7) is 3.99. The van der Waals surface area contributed by atoms with Crippen molar-refractivity contribution in [1.29, 1.82) is 0 Å². The first-order chi connectivity index (χ1) is 14.5. The molecule has 1 unspecified atom stereocenters. The number of aromatic nitrogens is 2. The lowest BCUT2D eigenvalue weighted by Crippen LogP contribution is -2.35. The fourth-order valence-electron chi connectivity index (χ4n) is 3.56. The zero-order chi connectivity index (χ0) is 21.1. The van der Waals surface area contributed by atoms with Gasteiger partial charge in [-0.2, -0.15) is 0 Å². The number of nitrogens with two attached hydrogens (primary N) is 1. The van der Waals surface area contributed by atoms with Gasteiger partial charge < -0.3 is 15.4 Å². The molecule has 30 heavy (non-hydrogen) atoms. The number of benzene rings is 2. The molecule has 0 radical (unpaired) electrons. The minimum Gasteiger partial charge on any atom is -0.457 e. The van der Waals surface area contributed by atoms with E-state index in [-0.39, 0.29) is 11.5 Å². The predicted octanol–water partition coefficient (Wildman–Crippen LogP) is 4.41. The van der Waals surface area contributed by atoms with Crippen molar-refractivity contribution in [1.82, 2.24) is 9.97 Å². The van der Waals surface area contributed by atoms with Gasteiger partial charge in [-0.15, -0.1) is 0 Å². The van der Waals surface area contributed by atoms with Crippen LogP contribution in [0.25, 0.3) is 11.4 Å². The maximum Gasteiger partial charge on any atom is 0.267 e. The third-order valence-corrected chi connectivity index (χ3v) is 5.11. The summed E-state index contributed by atoms with van der Waals surface area (Å²) in [5.41, 5.74) is 6.45. The van der Waals surface area contributed by atoms with Crippen molar-refractivity contribution >= 4 is 11.7 Å². The Labute approximate surface area is 174 Å². The number of hydrogen-bond donors (Lipinski definition) is 1. The van der Waals surface area contributed by atoms with Gasteiger partial charge >= 0.3 is 0 Å². The largest absolute Gasteiger partial charge is 0.457 e. The molecular weight excluding hydrogens is 383 g/mol. The van der Waals surface area contributed by atoms with E-state index in [0.717, 1.165) is 25.1 Å². The minimum atomic E-state index is -0.582. The summed E-state index contributed by atoms with van der Waals surface area (Å²) in [4.78, 5) is 23.0. The summed E-state index contributed by atoms with van der Waals surface area (Å²) in [5, 5.41) is 0. The number of carbonyl (C=O) groups excluding carboxylic acids is 1. The van der Waals surface area contributed by atoms with E-state index in [1.807, 2.05) is 12.1 Å². The van der Waals surface area contributed by atoms with Gasteiger partial charge in [-0.05, 0) is 67.3 Å². The number of rotatable bonds is 5. The lowest BCUT2D eigenvalue weighted by molar-refractivity contribution is 0.0995. The smallest absolute Gasteiger partial charge is 0.267 e. The third kappa shape index (κ3) is 4.56. The molecule has 0 bridgehead atoms. The number of halogens is 1. The Kier molecular flexibility index (Phi) is 5.61. The molecule has 3 aromatic rings. The topological polar surface area (TPSA) is 81.3 Å². The number of hydrogen-bond acceptors (Lipinski definition) is 5. The molecule has 1 aliphatic heterocycles. The zero-order valence-corrected chi connectivity index (χ0v) is 16.7. The quantitative estimate of drug-likeness (QED) is 0.679. The average molecular weight is 406 g/mol. The van der Waals surface area contributed by atoms with E-state index in [1.54, 1.807) is 30.3 Å². The molecule has 1 fully saturated rings. The van der Waals surface area contributed by atoms with Crippen molar-refractivity contribution in [3.8, 4) is 22.9 Å². The molecule has 7 heteroatoms. The van der Waals surface area contributed by atoms with Crippen molar-refractivity contribution in [2.75, 3.05) is 18.0 Å². The number of amides is 1. The summed E-state index contributed by atoms with van der Waals surface area (Å²) in [5.74, 6) is 1.96. The van der Waals surface area contributed by atoms with E-state index in [4.69, 9.17) is 15.5 Å². The first-order valence-electron chi connectivity index (χ1n) is 9.95. The fourth-order valence-corrected chi connectivity index (χ4v) is 3.56. The number of primary amides is 1. The molecule has 0 spiro atoms. The van der Waals surface area contributed by atoms with E-state index in [9.17, 15) is 9.18 Å². The fraction of sp³-hybridized carbons (Fsp3) is 0.261. The van der Waals surface area contributed by atoms with E-state index in [0.29, 0.717) is 29.1 Å². The molecule has 1 aliphatic rings. The van der Waals surface area contributed by atoms with Crippen LogP contribution in [-0.2, 0) is 0 Å². The third-order valence-electron chi connectivity index (χ3n) is 5.11. The van der Waals surface area contributed by atoms with Gasteiger partial charge in [-0.3, -0.25) is 4.79 Å². The lowest BCUT2D eigenvalue weighted by Gasteiger charge is -2.32. The van der Waals surface area contributed by atoms with E-state index in [1.165, 1.54) is 18.6 Å². The van der Waals surface area contributed by atoms with Crippen molar-refractivity contribution in [2.45, 2.75) is 19.8 Å². The van der Waals surface area contributed by atoms with Crippen molar-refractivity contribution in [3.63, 3.8) is 0 Å². The van der Waals surface area contributed by atoms with Crippen LogP contribution in [0.15, 0.2) is 54.6 Å². The van der Waals surface area contributed by atoms with Crippen LogP contribution in [0.3, 0.4) is 0 Å². The molecular formula is C23H23FN4O2. The second kappa shape index (κ2) is 8.49. The number of ether oxygens (including phenoxy) is 1. The molecule has 1 saturated heterocycles. The van der Waals surface area contributed by atoms with E-state index in [2.05, 4.69) is 16.8 Å². The van der Waals surface area contributed by atoms with E-state index >= 15 is 0 Å². The molecule has 6 nitrogen and oxygen atoms in total. The highest BCUT2D eigenvalue weighted by Crippen LogP contribution is 2.27. The molecule has 0 saturated carbocycles. The van der Waals surface area contributed by atoms with Crippen molar-refractivity contribution in [2.24, 2.45) is 11.7 Å². The van der Waals surface area contributed by atoms with Gasteiger partial charge in [-0.1, -0.05) is 6.92 Å². The number of piperidine rings is 1. The first kappa shape index (κ1) is 19.8. The molecule has 1 atom stereocenters. The van der Waals surface area contributed by atoms with Crippen LogP contribution < -0.4 is 15.4 Å². The lowest BCUT2D eigenvalue weighted by atomic mass is 10.0. The van der Waals surface area contributed by atoms with Gasteiger partial charge in [-0.25, -0.2) is 14.4 Å². The zero-order valence-electron chi connectivity index (χ0n) is 16.7. The van der Waals surface area contributed by atoms with Crippen LogP contribution in [0, 0.1) is 11.7 Å². The monoisotopic (exact) mass is 406 g/mol. The van der Waals surface area contributed by atoms with E-state index < -0.39 is 5.91 Å². The highest BCUT2D eigenvalue weighted by Gasteiger charge is 2.20. The second-order valence-electron chi connectivity index (χ2n) is 7.57. The SMILES string of the molecule is CC1CCCN(c2cc(C(N)=O)nc(-c3ccc(Oc4ccc(F)cc4)cc3)n2)C1. The maximum absolute atomic E-state index is 13.0. The highest BCUT2D eigenvalue weighted by molar-refractivity contribution is 5.92. The standard InChI is InChI=1S/C23H23FN4O2/c1-15-3-2-12-28(14-15)21-13-20(22(25)29)26-23(27-21)16-4-8-18(9-5-16)30-19-10-6-17(24)7-11-19/h4-11,13,15H,2-3,12,14H2,1H3,(H2,25,29). The van der Waals surface area contributed by atoms with Gasteiger partial charge in [0.15, 0.2) is 5.82 Å². The molecule has 2 aromatic carbocycles. The molecule has 2 heterocycles. The van der Waals surface area contributed by atoms with Crippen LogP contribution >= 0.6 is 0 Å². The number of carbonyl (C=O) groups is 1. The van der Waals surface area contributed by atoms with Crippen LogP contribution in [-0.4, -0.2) is 29.0 Å². The number of nitrogens with zero attached hydrogens (tertiary/aromatic N) is 3. The van der Waals surface area contributed by atoms with Gasteiger partial charge in [0, 0.05) is 24.7 Å². The summed E-state index contributed by atoms with van der Waals surface area (Å²) >= 11 is 0. The average Bonchev–Trinajstić information content (AvgIpc) is 2.75. The molecule has 2 N–H and O–H groups in total. The molecule has 1 aromatic heterocycles. The van der Waals surface area contributed by atoms with Crippen LogP contribution in [0.5, 0.6) is 11.5 Å². The molecule has 154 valence electrons. The summed E-state index contributed by atoms with van der Waals surface area (Å²) < 4.78 is 18.8. The molecule has 0 aliphatic carbocycles. The van der Waals surface area contributed by atoms with Crippen molar-refractivity contribution in [3.05, 3.63) is 66.1 Å². The van der Waals surface area contributed by atoms with Gasteiger partial charge in [0.05, 0.1) is 0 Å². The number of anilines is 1. The van der Waals surface area contributed by atoms with Crippen LogP contribution in [0.1, 0.15) is 30.3 Å². The summed E-state index contributed by atoms with van der Waals surface area (Å²) in [6, 6.07) is 14.7. The Balaban J connectivity index is 1.60. The minimum absolute atomic E-state index is 0.194. The molecule has 4 rings (SSSR count). The Morgan fingerprint density at radius 1 is 1.10 bits per heavy atom. The first-order valence-corrected chi connectivity index (χ1v) is 9.95. The van der Waals surface area contributed by atoms with Crippen LogP contribution in [0.2, 0.25) is 0 Å². The normalized spacial score (nSPS) is 16.3. The Hall–Kier alpha value is -3.48. The highest BCUT2D eigenvalue weighted by atomic mass is 19.1. The predicted molar refractivity (Wildman–Crippen MR) is 113 cm³/mol. The van der Waals surface area contributed by atoms with Gasteiger partial charge in [0.2, 0.25) is 0 Å². The Bertz CT molecular complexity index is 1040. The summed E-state index contributed by atoms with van der Waals surface area (Å²) in [7, 11) is 0. The Morgan fingerprint density at radius 3 is 2.40 bits per heavy atom. The summed E-state index contributed by atoms with van der Waals surface area (Å²) in [6.07, 6.45) is 2.27. The maximum atomic E-state index is 13.0. The Morgan fingerprint density at radius 2 is 1.77 bits per heavy atom. The van der Waals surface area contributed by atoms with Crippen LogP contribution in [0.4, 0.5) is 10.2 Å².